The van der Waals surface area contributed by atoms with Crippen LogP contribution in [0.5, 0.6) is 0 Å². The normalized spacial score (nSPS) is 31.0. The lowest BCUT2D eigenvalue weighted by Crippen LogP contribution is -2.61. The Kier molecular flexibility index (Phi) is 3.65. The summed E-state index contributed by atoms with van der Waals surface area (Å²) in [6, 6.07) is 0. The first-order valence-corrected chi connectivity index (χ1v) is 9.65. The predicted octanol–water partition coefficient (Wildman–Crippen LogP) is 1.71. The molecular weight excluding hydrogens is 282 g/mol. The van der Waals surface area contributed by atoms with Crippen LogP contribution in [0.25, 0.3) is 0 Å². The lowest BCUT2D eigenvalue weighted by molar-refractivity contribution is 0.0446. The highest BCUT2D eigenvalue weighted by molar-refractivity contribution is 8.01. The van der Waals surface area contributed by atoms with Gasteiger partial charge in [-0.05, 0) is 39.0 Å². The van der Waals surface area contributed by atoms with Crippen LogP contribution in [0.1, 0.15) is 33.1 Å². The zero-order chi connectivity index (χ0) is 13.7. The molecule has 4 nitrogen and oxygen atoms in total. The third-order valence-electron chi connectivity index (χ3n) is 4.32. The zero-order valence-electron chi connectivity index (χ0n) is 11.7. The van der Waals surface area contributed by atoms with Crippen LogP contribution in [-0.2, 0) is 14.8 Å². The number of sulfonamides is 1. The molecule has 1 spiro atoms. The Balaban J connectivity index is 1.49. The third-order valence-corrected chi connectivity index (χ3v) is 8.07. The van der Waals surface area contributed by atoms with Crippen LogP contribution < -0.4 is 0 Å². The number of hydrogen-bond acceptors (Lipinski definition) is 4. The third kappa shape index (κ3) is 2.82. The highest BCUT2D eigenvalue weighted by Crippen LogP contribution is 2.47. The average Bonchev–Trinajstić information content (AvgIpc) is 3.02. The summed E-state index contributed by atoms with van der Waals surface area (Å²) < 4.78 is 31.8. The molecule has 0 aromatic carbocycles. The Morgan fingerprint density at radius 3 is 2.63 bits per heavy atom. The SMILES string of the molecule is CC(C)S(=O)(=O)N1CC2(C[C@@H](OCC3CC3)CS2)C1. The lowest BCUT2D eigenvalue weighted by atomic mass is 9.95. The van der Waals surface area contributed by atoms with E-state index in [2.05, 4.69) is 0 Å². The van der Waals surface area contributed by atoms with E-state index in [1.165, 1.54) is 12.8 Å². The predicted molar refractivity (Wildman–Crippen MR) is 77.9 cm³/mol. The summed E-state index contributed by atoms with van der Waals surface area (Å²) in [6.07, 6.45) is 4.01. The summed E-state index contributed by atoms with van der Waals surface area (Å²) in [6.45, 7) is 5.78. The van der Waals surface area contributed by atoms with Crippen molar-refractivity contribution < 1.29 is 13.2 Å². The highest BCUT2D eigenvalue weighted by atomic mass is 32.2. The standard InChI is InChI=1S/C13H23NO3S2/c1-10(2)19(15,16)14-8-13(9-14)5-12(7-18-13)17-6-11-3-4-11/h10-12H,3-9H2,1-2H3/t12-/m1/s1. The molecule has 1 aliphatic carbocycles. The van der Waals surface area contributed by atoms with Gasteiger partial charge in [-0.2, -0.15) is 4.31 Å². The molecule has 3 rings (SSSR count). The van der Waals surface area contributed by atoms with Crippen LogP contribution in [0.15, 0.2) is 0 Å². The van der Waals surface area contributed by atoms with E-state index in [1.54, 1.807) is 18.2 Å². The molecule has 2 aliphatic heterocycles. The van der Waals surface area contributed by atoms with E-state index in [0.717, 1.165) is 24.7 Å². The molecule has 0 aromatic rings. The van der Waals surface area contributed by atoms with Crippen molar-refractivity contribution in [3.63, 3.8) is 0 Å². The molecule has 0 amide bonds. The van der Waals surface area contributed by atoms with Gasteiger partial charge in [0.15, 0.2) is 0 Å². The quantitative estimate of drug-likeness (QED) is 0.776. The first kappa shape index (κ1) is 14.2. The van der Waals surface area contributed by atoms with E-state index in [1.807, 2.05) is 11.8 Å². The largest absolute Gasteiger partial charge is 0.377 e. The summed E-state index contributed by atoms with van der Waals surface area (Å²) in [5, 5.41) is -0.307. The molecule has 0 N–H and O–H groups in total. The van der Waals surface area contributed by atoms with E-state index in [4.69, 9.17) is 4.74 Å². The van der Waals surface area contributed by atoms with E-state index in [9.17, 15) is 8.42 Å². The van der Waals surface area contributed by atoms with Gasteiger partial charge in [-0.25, -0.2) is 8.42 Å². The fraction of sp³-hybridized carbons (Fsp3) is 1.00. The summed E-state index contributed by atoms with van der Waals surface area (Å²) in [7, 11) is -3.06. The molecule has 0 unspecified atom stereocenters. The highest BCUT2D eigenvalue weighted by Gasteiger charge is 2.53. The van der Waals surface area contributed by atoms with Crippen molar-refractivity contribution in [1.82, 2.24) is 4.31 Å². The van der Waals surface area contributed by atoms with Crippen LogP contribution in [-0.4, -0.2) is 54.3 Å². The molecule has 0 radical (unpaired) electrons. The number of nitrogens with zero attached hydrogens (tertiary/aromatic N) is 1. The van der Waals surface area contributed by atoms with Crippen molar-refractivity contribution >= 4 is 21.8 Å². The maximum Gasteiger partial charge on any atom is 0.216 e. The van der Waals surface area contributed by atoms with E-state index >= 15 is 0 Å². The number of ether oxygens (including phenoxy) is 1. The minimum Gasteiger partial charge on any atom is -0.377 e. The first-order valence-electron chi connectivity index (χ1n) is 7.16. The van der Waals surface area contributed by atoms with Gasteiger partial charge in [0.1, 0.15) is 0 Å². The van der Waals surface area contributed by atoms with E-state index in [0.29, 0.717) is 19.2 Å². The molecule has 2 heterocycles. The van der Waals surface area contributed by atoms with Crippen molar-refractivity contribution in [3.05, 3.63) is 0 Å². The number of thioether (sulfide) groups is 1. The van der Waals surface area contributed by atoms with Crippen LogP contribution in [0, 0.1) is 5.92 Å². The van der Waals surface area contributed by atoms with Crippen molar-refractivity contribution in [2.45, 2.75) is 49.2 Å². The van der Waals surface area contributed by atoms with Crippen LogP contribution in [0.3, 0.4) is 0 Å². The molecule has 110 valence electrons. The van der Waals surface area contributed by atoms with Gasteiger partial charge in [-0.15, -0.1) is 11.8 Å². The number of rotatable bonds is 5. The molecule has 2 saturated heterocycles. The minimum absolute atomic E-state index is 0.149. The average molecular weight is 305 g/mol. The summed E-state index contributed by atoms with van der Waals surface area (Å²) in [5.41, 5.74) is 0. The molecule has 1 saturated carbocycles. The molecular formula is C13H23NO3S2. The lowest BCUT2D eigenvalue weighted by Gasteiger charge is -2.47. The van der Waals surface area contributed by atoms with E-state index in [-0.39, 0.29) is 10.00 Å². The Hall–Kier alpha value is 0.220. The second kappa shape index (κ2) is 4.90. The topological polar surface area (TPSA) is 46.6 Å². The van der Waals surface area contributed by atoms with Crippen molar-refractivity contribution in [2.75, 3.05) is 25.4 Å². The summed E-state index contributed by atoms with van der Waals surface area (Å²) in [4.78, 5) is 0. The molecule has 1 atom stereocenters. The van der Waals surface area contributed by atoms with Crippen LogP contribution >= 0.6 is 11.8 Å². The summed E-state index contributed by atoms with van der Waals surface area (Å²) >= 11 is 1.91. The second-order valence-electron chi connectivity index (χ2n) is 6.46. The molecule has 19 heavy (non-hydrogen) atoms. The van der Waals surface area contributed by atoms with Gasteiger partial charge in [0.25, 0.3) is 0 Å². The summed E-state index contributed by atoms with van der Waals surface area (Å²) in [5.74, 6) is 1.84. The van der Waals surface area contributed by atoms with Gasteiger partial charge < -0.3 is 4.74 Å². The van der Waals surface area contributed by atoms with Gasteiger partial charge in [0, 0.05) is 30.2 Å². The smallest absolute Gasteiger partial charge is 0.216 e. The maximum absolute atomic E-state index is 12.0. The Morgan fingerprint density at radius 2 is 2.05 bits per heavy atom. The fourth-order valence-electron chi connectivity index (χ4n) is 2.76. The van der Waals surface area contributed by atoms with Crippen molar-refractivity contribution in [3.8, 4) is 0 Å². The number of hydrogen-bond donors (Lipinski definition) is 0. The van der Waals surface area contributed by atoms with Crippen LogP contribution in [0.2, 0.25) is 0 Å². The molecule has 3 fully saturated rings. The monoisotopic (exact) mass is 305 g/mol. The van der Waals surface area contributed by atoms with Gasteiger partial charge in [0.05, 0.1) is 11.4 Å². The minimum atomic E-state index is -3.06. The van der Waals surface area contributed by atoms with Crippen molar-refractivity contribution in [1.29, 1.82) is 0 Å². The Labute approximate surface area is 120 Å². The molecule has 0 aromatic heterocycles. The molecule has 6 heteroatoms. The van der Waals surface area contributed by atoms with Gasteiger partial charge in [0.2, 0.25) is 10.0 Å². The first-order chi connectivity index (χ1) is 8.91. The molecule has 0 bridgehead atoms. The van der Waals surface area contributed by atoms with E-state index < -0.39 is 10.0 Å². The van der Waals surface area contributed by atoms with Gasteiger partial charge in [-0.1, -0.05) is 0 Å². The van der Waals surface area contributed by atoms with Gasteiger partial charge in [-0.3, -0.25) is 0 Å². The van der Waals surface area contributed by atoms with Crippen molar-refractivity contribution in [2.24, 2.45) is 5.92 Å². The molecule has 3 aliphatic rings. The zero-order valence-corrected chi connectivity index (χ0v) is 13.3. The fourth-order valence-corrected chi connectivity index (χ4v) is 5.93. The Bertz CT molecular complexity index is 439. The Morgan fingerprint density at radius 1 is 1.37 bits per heavy atom. The maximum atomic E-state index is 12.0. The van der Waals surface area contributed by atoms with Gasteiger partial charge >= 0.3 is 0 Å². The van der Waals surface area contributed by atoms with Crippen LogP contribution in [0.4, 0.5) is 0 Å². The second-order valence-corrected chi connectivity index (χ2v) is 10.4.